The Hall–Kier alpha value is -2.24. The third-order valence-corrected chi connectivity index (χ3v) is 2.27. The van der Waals surface area contributed by atoms with Gasteiger partial charge in [-0.3, -0.25) is 9.59 Å². The second-order valence-corrected chi connectivity index (χ2v) is 3.77. The van der Waals surface area contributed by atoms with Crippen molar-refractivity contribution in [3.8, 4) is 11.5 Å². The molecule has 4 N–H and O–H groups in total. The zero-order valence-electron chi connectivity index (χ0n) is 10.1. The number of nitrogens with one attached hydrogen (secondary N) is 2. The summed E-state index contributed by atoms with van der Waals surface area (Å²) in [5, 5.41) is 23.9. The maximum Gasteiger partial charge on any atom is 0.255 e. The zero-order valence-corrected chi connectivity index (χ0v) is 10.1. The van der Waals surface area contributed by atoms with Gasteiger partial charge in [0.05, 0.1) is 5.56 Å². The minimum absolute atomic E-state index is 0.0227. The lowest BCUT2D eigenvalue weighted by molar-refractivity contribution is -0.118. The number of phenolic OH excluding ortho intramolecular Hbond substituents is 2. The van der Waals surface area contributed by atoms with Crippen LogP contribution in [0.15, 0.2) is 18.2 Å². The molecule has 0 heterocycles. The van der Waals surface area contributed by atoms with E-state index in [0.29, 0.717) is 19.5 Å². The van der Waals surface area contributed by atoms with Crippen molar-refractivity contribution in [3.05, 3.63) is 23.8 Å². The van der Waals surface area contributed by atoms with Crippen molar-refractivity contribution in [1.29, 1.82) is 0 Å². The van der Waals surface area contributed by atoms with Crippen LogP contribution < -0.4 is 10.6 Å². The van der Waals surface area contributed by atoms with Crippen molar-refractivity contribution in [2.24, 2.45) is 0 Å². The smallest absolute Gasteiger partial charge is 0.255 e. The predicted octanol–water partition coefficient (Wildman–Crippen LogP) is 0.354. The third-order valence-electron chi connectivity index (χ3n) is 2.27. The number of hydrogen-bond acceptors (Lipinski definition) is 4. The standard InChI is InChI=1S/C12H16N2O4/c1-8(15)13-6-3-7-14-12(18)9-4-2-5-10(16)11(9)17/h2,4-5,16-17H,3,6-7H2,1H3,(H,13,15)(H,14,18). The summed E-state index contributed by atoms with van der Waals surface area (Å²) in [5.41, 5.74) is 0.0227. The van der Waals surface area contributed by atoms with Gasteiger partial charge >= 0.3 is 0 Å². The zero-order chi connectivity index (χ0) is 13.5. The molecule has 1 aromatic rings. The normalized spacial score (nSPS) is 9.83. The number of rotatable bonds is 5. The summed E-state index contributed by atoms with van der Waals surface area (Å²) in [4.78, 5) is 22.2. The summed E-state index contributed by atoms with van der Waals surface area (Å²) < 4.78 is 0. The van der Waals surface area contributed by atoms with Gasteiger partial charge in [0, 0.05) is 20.0 Å². The molecule has 18 heavy (non-hydrogen) atoms. The first-order valence-electron chi connectivity index (χ1n) is 5.56. The number of carbonyl (C=O) groups excluding carboxylic acids is 2. The third kappa shape index (κ3) is 3.97. The molecule has 0 fully saturated rings. The molecule has 0 saturated heterocycles. The van der Waals surface area contributed by atoms with E-state index >= 15 is 0 Å². The number of aromatic hydroxyl groups is 2. The Kier molecular flexibility index (Phi) is 4.98. The molecule has 0 aliphatic heterocycles. The highest BCUT2D eigenvalue weighted by Crippen LogP contribution is 2.27. The van der Waals surface area contributed by atoms with E-state index in [9.17, 15) is 19.8 Å². The molecule has 0 bridgehead atoms. The highest BCUT2D eigenvalue weighted by Gasteiger charge is 2.12. The van der Waals surface area contributed by atoms with Crippen LogP contribution in [0.4, 0.5) is 0 Å². The van der Waals surface area contributed by atoms with Crippen LogP contribution in [0, 0.1) is 0 Å². The Labute approximate surface area is 105 Å². The van der Waals surface area contributed by atoms with Gasteiger partial charge in [-0.25, -0.2) is 0 Å². The molecule has 0 spiro atoms. The molecular weight excluding hydrogens is 236 g/mol. The Balaban J connectivity index is 2.41. The first kappa shape index (κ1) is 13.8. The van der Waals surface area contributed by atoms with Crippen molar-refractivity contribution in [3.63, 3.8) is 0 Å². The van der Waals surface area contributed by atoms with E-state index in [1.54, 1.807) is 0 Å². The first-order valence-corrected chi connectivity index (χ1v) is 5.56. The number of amides is 2. The van der Waals surface area contributed by atoms with Crippen LogP contribution in [0.1, 0.15) is 23.7 Å². The Morgan fingerprint density at radius 1 is 1.17 bits per heavy atom. The Morgan fingerprint density at radius 3 is 2.50 bits per heavy atom. The van der Waals surface area contributed by atoms with Crippen molar-refractivity contribution < 1.29 is 19.8 Å². The van der Waals surface area contributed by atoms with Crippen LogP contribution >= 0.6 is 0 Å². The topological polar surface area (TPSA) is 98.7 Å². The van der Waals surface area contributed by atoms with E-state index in [-0.39, 0.29) is 17.2 Å². The van der Waals surface area contributed by atoms with E-state index in [4.69, 9.17) is 0 Å². The van der Waals surface area contributed by atoms with Gasteiger partial charge in [0.2, 0.25) is 5.91 Å². The van der Waals surface area contributed by atoms with Crippen molar-refractivity contribution in [2.45, 2.75) is 13.3 Å². The molecule has 0 atom stereocenters. The van der Waals surface area contributed by atoms with Gasteiger partial charge < -0.3 is 20.8 Å². The van der Waals surface area contributed by atoms with Crippen LogP contribution in [0.25, 0.3) is 0 Å². The number of phenols is 2. The van der Waals surface area contributed by atoms with E-state index in [1.165, 1.54) is 25.1 Å². The molecule has 1 aromatic carbocycles. The van der Waals surface area contributed by atoms with Gasteiger partial charge in [0.25, 0.3) is 5.91 Å². The van der Waals surface area contributed by atoms with Crippen LogP contribution in [0.2, 0.25) is 0 Å². The SMILES string of the molecule is CC(=O)NCCCNC(=O)c1cccc(O)c1O. The molecule has 98 valence electrons. The summed E-state index contributed by atoms with van der Waals surface area (Å²) in [7, 11) is 0. The minimum atomic E-state index is -0.466. The van der Waals surface area contributed by atoms with E-state index in [2.05, 4.69) is 10.6 Å². The van der Waals surface area contributed by atoms with Crippen molar-refractivity contribution >= 4 is 11.8 Å². The molecule has 0 unspecified atom stereocenters. The second-order valence-electron chi connectivity index (χ2n) is 3.77. The molecule has 2 amide bonds. The lowest BCUT2D eigenvalue weighted by Gasteiger charge is -2.07. The van der Waals surface area contributed by atoms with Crippen molar-refractivity contribution in [1.82, 2.24) is 10.6 Å². The van der Waals surface area contributed by atoms with Gasteiger partial charge in [-0.2, -0.15) is 0 Å². The summed E-state index contributed by atoms with van der Waals surface area (Å²) in [6, 6.07) is 4.18. The van der Waals surface area contributed by atoms with Gasteiger partial charge in [-0.05, 0) is 18.6 Å². The second kappa shape index (κ2) is 6.48. The van der Waals surface area contributed by atoms with Gasteiger partial charge in [0.15, 0.2) is 11.5 Å². The van der Waals surface area contributed by atoms with Crippen LogP contribution in [0.3, 0.4) is 0 Å². The number of hydrogen-bond donors (Lipinski definition) is 4. The predicted molar refractivity (Wildman–Crippen MR) is 65.4 cm³/mol. The fraction of sp³-hybridized carbons (Fsp3) is 0.333. The average Bonchev–Trinajstić information content (AvgIpc) is 2.31. The summed E-state index contributed by atoms with van der Waals surface area (Å²) in [6.07, 6.45) is 0.588. The molecule has 0 radical (unpaired) electrons. The largest absolute Gasteiger partial charge is 0.504 e. The molecular formula is C12H16N2O4. The quantitative estimate of drug-likeness (QED) is 0.449. The van der Waals surface area contributed by atoms with Crippen LogP contribution in [-0.4, -0.2) is 35.1 Å². The monoisotopic (exact) mass is 252 g/mol. The fourth-order valence-corrected chi connectivity index (χ4v) is 1.36. The van der Waals surface area contributed by atoms with E-state index in [0.717, 1.165) is 0 Å². The summed E-state index contributed by atoms with van der Waals surface area (Å²) in [6.45, 7) is 2.26. The number of carbonyl (C=O) groups is 2. The van der Waals surface area contributed by atoms with Crippen LogP contribution in [-0.2, 0) is 4.79 Å². The molecule has 0 saturated carbocycles. The fourth-order valence-electron chi connectivity index (χ4n) is 1.36. The maximum atomic E-state index is 11.6. The highest BCUT2D eigenvalue weighted by atomic mass is 16.3. The number of benzene rings is 1. The molecule has 6 nitrogen and oxygen atoms in total. The lowest BCUT2D eigenvalue weighted by Crippen LogP contribution is -2.28. The van der Waals surface area contributed by atoms with Gasteiger partial charge in [-0.1, -0.05) is 6.07 Å². The minimum Gasteiger partial charge on any atom is -0.504 e. The Bertz CT molecular complexity index is 446. The summed E-state index contributed by atoms with van der Waals surface area (Å²) >= 11 is 0. The molecule has 0 aliphatic carbocycles. The van der Waals surface area contributed by atoms with Crippen LogP contribution in [0.5, 0.6) is 11.5 Å². The van der Waals surface area contributed by atoms with E-state index < -0.39 is 11.7 Å². The van der Waals surface area contributed by atoms with Crippen molar-refractivity contribution in [2.75, 3.05) is 13.1 Å². The highest BCUT2D eigenvalue weighted by molar-refractivity contribution is 5.97. The molecule has 1 rings (SSSR count). The van der Waals surface area contributed by atoms with E-state index in [1.807, 2.05) is 0 Å². The maximum absolute atomic E-state index is 11.6. The Morgan fingerprint density at radius 2 is 1.83 bits per heavy atom. The molecule has 0 aliphatic rings. The molecule has 6 heteroatoms. The van der Waals surface area contributed by atoms with Gasteiger partial charge in [-0.15, -0.1) is 0 Å². The van der Waals surface area contributed by atoms with Gasteiger partial charge in [0.1, 0.15) is 0 Å². The first-order chi connectivity index (χ1) is 8.52. The number of para-hydroxylation sites is 1. The molecule has 0 aromatic heterocycles. The summed E-state index contributed by atoms with van der Waals surface area (Å²) in [5.74, 6) is -1.35. The average molecular weight is 252 g/mol. The lowest BCUT2D eigenvalue weighted by atomic mass is 10.1.